The average molecular weight is 269 g/mol. The van der Waals surface area contributed by atoms with Gasteiger partial charge in [0.2, 0.25) is 0 Å². The Kier molecular flexibility index (Phi) is 4.54. The molecule has 17 heavy (non-hydrogen) atoms. The Morgan fingerprint density at radius 1 is 1.24 bits per heavy atom. The number of rotatable bonds is 2. The second kappa shape index (κ2) is 5.52. The lowest BCUT2D eigenvalue weighted by molar-refractivity contribution is 0.869. The van der Waals surface area contributed by atoms with E-state index in [-0.39, 0.29) is 12.4 Å². The van der Waals surface area contributed by atoms with E-state index < -0.39 is 0 Å². The van der Waals surface area contributed by atoms with Crippen molar-refractivity contribution in [1.82, 2.24) is 9.97 Å². The molecule has 0 saturated carbocycles. The molecule has 92 valence electrons. The summed E-state index contributed by atoms with van der Waals surface area (Å²) < 4.78 is 0.687. The minimum atomic E-state index is 0. The van der Waals surface area contributed by atoms with Crippen molar-refractivity contribution in [2.24, 2.45) is 0 Å². The monoisotopic (exact) mass is 268 g/mol. The van der Waals surface area contributed by atoms with Gasteiger partial charge in [-0.25, -0.2) is 0 Å². The number of hydrogen-bond acceptors (Lipinski definition) is 1. The molecule has 0 unspecified atom stereocenters. The normalized spacial score (nSPS) is 11.9. The first-order valence-electron chi connectivity index (χ1n) is 5.43. The molecule has 0 fully saturated rings. The summed E-state index contributed by atoms with van der Waals surface area (Å²) in [4.78, 5) is 6.19. The zero-order valence-electron chi connectivity index (χ0n) is 10.2. The highest BCUT2D eigenvalue weighted by molar-refractivity contribution is 7.71. The molecule has 4 heteroatoms. The van der Waals surface area contributed by atoms with Gasteiger partial charge in [0.25, 0.3) is 0 Å². The molecular formula is C13H17ClN2S. The number of imidazole rings is 1. The second-order valence-corrected chi connectivity index (χ2v) is 4.62. The maximum Gasteiger partial charge on any atom is 0.174 e. The van der Waals surface area contributed by atoms with Gasteiger partial charge in [-0.05, 0) is 42.8 Å². The van der Waals surface area contributed by atoms with Gasteiger partial charge in [0, 0.05) is 17.8 Å². The molecule has 0 saturated heterocycles. The van der Waals surface area contributed by atoms with E-state index >= 15 is 0 Å². The highest BCUT2D eigenvalue weighted by Crippen LogP contribution is 2.26. The number of benzene rings is 1. The van der Waals surface area contributed by atoms with Crippen LogP contribution in [0.1, 0.15) is 35.2 Å². The van der Waals surface area contributed by atoms with Crippen molar-refractivity contribution in [2.45, 2.75) is 26.7 Å². The third-order valence-corrected chi connectivity index (χ3v) is 3.42. The molecule has 0 aliphatic heterocycles. The van der Waals surface area contributed by atoms with E-state index in [2.05, 4.69) is 48.9 Å². The van der Waals surface area contributed by atoms with Crippen molar-refractivity contribution >= 4 is 24.6 Å². The van der Waals surface area contributed by atoms with E-state index in [1.54, 1.807) is 0 Å². The molecule has 0 aliphatic carbocycles. The molecule has 0 aliphatic rings. The van der Waals surface area contributed by atoms with Crippen LogP contribution in [0.3, 0.4) is 0 Å². The lowest BCUT2D eigenvalue weighted by atomic mass is 9.92. The van der Waals surface area contributed by atoms with Crippen LogP contribution in [0.15, 0.2) is 24.4 Å². The Labute approximate surface area is 113 Å². The molecule has 2 aromatic rings. The predicted molar refractivity (Wildman–Crippen MR) is 76.7 cm³/mol. The van der Waals surface area contributed by atoms with Gasteiger partial charge in [0.05, 0.1) is 0 Å². The minimum Gasteiger partial charge on any atom is -0.337 e. The SMILES string of the molecule is Cc1cccc([C@H](C)c2c[nH]c(=S)[nH]2)c1C.Cl. The molecule has 1 atom stereocenters. The van der Waals surface area contributed by atoms with Crippen molar-refractivity contribution in [3.05, 3.63) is 51.6 Å². The molecule has 0 amide bonds. The third-order valence-electron chi connectivity index (χ3n) is 3.20. The topological polar surface area (TPSA) is 31.6 Å². The minimum absolute atomic E-state index is 0. The van der Waals surface area contributed by atoms with Gasteiger partial charge >= 0.3 is 0 Å². The summed E-state index contributed by atoms with van der Waals surface area (Å²) in [6.07, 6.45) is 1.95. The van der Waals surface area contributed by atoms with Crippen molar-refractivity contribution in [1.29, 1.82) is 0 Å². The largest absolute Gasteiger partial charge is 0.337 e. The van der Waals surface area contributed by atoms with Gasteiger partial charge in [-0.3, -0.25) is 0 Å². The van der Waals surface area contributed by atoms with Crippen LogP contribution in [0.25, 0.3) is 0 Å². The highest BCUT2D eigenvalue weighted by atomic mass is 35.5. The van der Waals surface area contributed by atoms with Gasteiger partial charge in [-0.1, -0.05) is 25.1 Å². The van der Waals surface area contributed by atoms with E-state index in [0.29, 0.717) is 10.7 Å². The zero-order chi connectivity index (χ0) is 11.7. The van der Waals surface area contributed by atoms with E-state index in [1.165, 1.54) is 16.7 Å². The number of H-pyrrole nitrogens is 2. The van der Waals surface area contributed by atoms with Crippen molar-refractivity contribution in [3.63, 3.8) is 0 Å². The third kappa shape index (κ3) is 2.79. The second-order valence-electron chi connectivity index (χ2n) is 4.21. The molecule has 2 N–H and O–H groups in total. The number of aromatic nitrogens is 2. The summed E-state index contributed by atoms with van der Waals surface area (Å²) in [5, 5.41) is 0. The summed E-state index contributed by atoms with van der Waals surface area (Å²) in [6, 6.07) is 6.43. The van der Waals surface area contributed by atoms with E-state index in [0.717, 1.165) is 5.69 Å². The Balaban J connectivity index is 0.00000144. The number of aryl methyl sites for hydroxylation is 1. The Morgan fingerprint density at radius 2 is 1.94 bits per heavy atom. The molecule has 2 rings (SSSR count). The number of nitrogens with one attached hydrogen (secondary N) is 2. The van der Waals surface area contributed by atoms with Gasteiger partial charge in [0.15, 0.2) is 4.77 Å². The molecule has 0 radical (unpaired) electrons. The predicted octanol–water partition coefficient (Wildman–Crippen LogP) is 4.26. The Morgan fingerprint density at radius 3 is 2.53 bits per heavy atom. The summed E-state index contributed by atoms with van der Waals surface area (Å²) in [5.41, 5.74) is 5.18. The Bertz CT molecular complexity index is 557. The fourth-order valence-corrected chi connectivity index (χ4v) is 2.17. The molecule has 1 heterocycles. The van der Waals surface area contributed by atoms with E-state index in [9.17, 15) is 0 Å². The van der Waals surface area contributed by atoms with Crippen LogP contribution in [0.5, 0.6) is 0 Å². The lowest BCUT2D eigenvalue weighted by Crippen LogP contribution is -2.00. The van der Waals surface area contributed by atoms with Gasteiger partial charge in [0.1, 0.15) is 0 Å². The maximum absolute atomic E-state index is 5.05. The first kappa shape index (κ1) is 14.0. The van der Waals surface area contributed by atoms with Crippen LogP contribution in [0, 0.1) is 18.6 Å². The standard InChI is InChI=1S/C13H16N2S.ClH/c1-8-5-4-6-11(9(8)2)10(3)12-7-14-13(16)15-12;/h4-7,10H,1-3H3,(H2,14,15,16);1H/t10-;/m0./s1. The van der Waals surface area contributed by atoms with Crippen LogP contribution < -0.4 is 0 Å². The van der Waals surface area contributed by atoms with E-state index in [1.807, 2.05) is 6.20 Å². The van der Waals surface area contributed by atoms with Crippen molar-refractivity contribution in [3.8, 4) is 0 Å². The molecule has 0 spiro atoms. The number of aromatic amines is 2. The number of halogens is 1. The van der Waals surface area contributed by atoms with Gasteiger partial charge < -0.3 is 9.97 Å². The summed E-state index contributed by atoms with van der Waals surface area (Å²) in [7, 11) is 0. The van der Waals surface area contributed by atoms with E-state index in [4.69, 9.17) is 12.2 Å². The van der Waals surface area contributed by atoms with Crippen LogP contribution in [0.4, 0.5) is 0 Å². The molecule has 2 nitrogen and oxygen atoms in total. The summed E-state index contributed by atoms with van der Waals surface area (Å²) in [5.74, 6) is 0.341. The number of hydrogen-bond donors (Lipinski definition) is 2. The van der Waals surface area contributed by atoms with Crippen molar-refractivity contribution < 1.29 is 0 Å². The first-order valence-corrected chi connectivity index (χ1v) is 5.84. The van der Waals surface area contributed by atoms with Crippen LogP contribution in [-0.4, -0.2) is 9.97 Å². The summed E-state index contributed by atoms with van der Waals surface area (Å²) >= 11 is 5.05. The molecular weight excluding hydrogens is 252 g/mol. The van der Waals surface area contributed by atoms with Gasteiger partial charge in [-0.2, -0.15) is 0 Å². The maximum atomic E-state index is 5.05. The van der Waals surface area contributed by atoms with Crippen LogP contribution in [-0.2, 0) is 0 Å². The average Bonchev–Trinajstić information content (AvgIpc) is 2.68. The first-order chi connectivity index (χ1) is 7.59. The van der Waals surface area contributed by atoms with Crippen LogP contribution in [0.2, 0.25) is 0 Å². The quantitative estimate of drug-likeness (QED) is 0.784. The molecule has 1 aromatic carbocycles. The fraction of sp³-hybridized carbons (Fsp3) is 0.308. The van der Waals surface area contributed by atoms with Crippen LogP contribution >= 0.6 is 24.6 Å². The zero-order valence-corrected chi connectivity index (χ0v) is 11.8. The lowest BCUT2D eigenvalue weighted by Gasteiger charge is -2.14. The Hall–Kier alpha value is -1.06. The fourth-order valence-electron chi connectivity index (χ4n) is 1.99. The molecule has 1 aromatic heterocycles. The smallest absolute Gasteiger partial charge is 0.174 e. The highest BCUT2D eigenvalue weighted by Gasteiger charge is 2.12. The molecule has 0 bridgehead atoms. The summed E-state index contributed by atoms with van der Waals surface area (Å²) in [6.45, 7) is 6.50. The van der Waals surface area contributed by atoms with Gasteiger partial charge in [-0.15, -0.1) is 12.4 Å². The van der Waals surface area contributed by atoms with Crippen molar-refractivity contribution in [2.75, 3.05) is 0 Å².